The fourth-order valence-electron chi connectivity index (χ4n) is 2.05. The van der Waals surface area contributed by atoms with Gasteiger partial charge in [0.05, 0.1) is 6.61 Å². The van der Waals surface area contributed by atoms with Crippen molar-refractivity contribution in [1.29, 1.82) is 0 Å². The lowest BCUT2D eigenvalue weighted by Gasteiger charge is -2.20. The van der Waals surface area contributed by atoms with E-state index in [1.807, 2.05) is 0 Å². The van der Waals surface area contributed by atoms with Crippen LogP contribution in [-0.4, -0.2) is 54.5 Å². The largest absolute Gasteiger partial charge is 0.469 e. The van der Waals surface area contributed by atoms with E-state index in [1.165, 1.54) is 13.1 Å². The number of aryl methyl sites for hydroxylation is 1. The maximum atomic E-state index is 11.4. The molecule has 1 aromatic heterocycles. The topological polar surface area (TPSA) is 177 Å². The highest BCUT2D eigenvalue weighted by Gasteiger charge is 2.45. The number of nitrogens with two attached hydrogens (primary N) is 1. The lowest BCUT2D eigenvalue weighted by molar-refractivity contribution is -0.0516. The number of aromatic nitrogens is 2. The van der Waals surface area contributed by atoms with Crippen LogP contribution < -0.4 is 11.3 Å². The summed E-state index contributed by atoms with van der Waals surface area (Å²) in [7, 11) is -4.74. The Hall–Kier alpha value is -1.33. The molecule has 124 valence electrons. The molecular formula is C10H16N3O8P. The van der Waals surface area contributed by atoms with E-state index in [0.29, 0.717) is 0 Å². The van der Waals surface area contributed by atoms with Crippen LogP contribution in [0.25, 0.3) is 0 Å². The Balaban J connectivity index is 2.21. The number of anilines is 1. The quantitative estimate of drug-likeness (QED) is 0.381. The van der Waals surface area contributed by atoms with Crippen molar-refractivity contribution >= 4 is 13.8 Å². The molecule has 0 bridgehead atoms. The van der Waals surface area contributed by atoms with Gasteiger partial charge >= 0.3 is 7.82 Å². The summed E-state index contributed by atoms with van der Waals surface area (Å²) in [6.45, 7) is 0.850. The number of phosphoric ester groups is 1. The van der Waals surface area contributed by atoms with E-state index in [2.05, 4.69) is 9.51 Å². The zero-order valence-electron chi connectivity index (χ0n) is 11.4. The monoisotopic (exact) mass is 337 g/mol. The molecule has 6 N–H and O–H groups in total. The maximum absolute atomic E-state index is 11.4. The molecule has 1 saturated heterocycles. The van der Waals surface area contributed by atoms with Gasteiger partial charge in [0.15, 0.2) is 6.23 Å². The smallest absolute Gasteiger partial charge is 0.387 e. The highest BCUT2D eigenvalue weighted by molar-refractivity contribution is 7.46. The molecule has 22 heavy (non-hydrogen) atoms. The van der Waals surface area contributed by atoms with E-state index in [4.69, 9.17) is 20.3 Å². The molecule has 1 fully saturated rings. The Morgan fingerprint density at radius 3 is 2.68 bits per heavy atom. The zero-order chi connectivity index (χ0) is 16.7. The number of nitrogen functional groups attached to an aromatic ring is 1. The van der Waals surface area contributed by atoms with Gasteiger partial charge in [0.1, 0.15) is 18.3 Å². The van der Waals surface area contributed by atoms with Gasteiger partial charge in [-0.25, -0.2) is 4.57 Å². The van der Waals surface area contributed by atoms with Gasteiger partial charge in [-0.3, -0.25) is 13.9 Å². The minimum atomic E-state index is -4.74. The van der Waals surface area contributed by atoms with Crippen LogP contribution in [0.4, 0.5) is 5.95 Å². The Morgan fingerprint density at radius 1 is 1.45 bits per heavy atom. The second kappa shape index (κ2) is 6.05. The van der Waals surface area contributed by atoms with Gasteiger partial charge in [-0.2, -0.15) is 4.98 Å². The number of nitrogens with zero attached hydrogens (tertiary/aromatic N) is 2. The third-order valence-electron chi connectivity index (χ3n) is 3.17. The summed E-state index contributed by atoms with van der Waals surface area (Å²) in [4.78, 5) is 32.2. The summed E-state index contributed by atoms with van der Waals surface area (Å²) < 4.78 is 21.4. The molecule has 0 saturated carbocycles. The first kappa shape index (κ1) is 17.0. The van der Waals surface area contributed by atoms with Crippen LogP contribution in [0.2, 0.25) is 0 Å². The number of aliphatic hydroxyl groups excluding tert-OH is 2. The average Bonchev–Trinajstić information content (AvgIpc) is 2.68. The van der Waals surface area contributed by atoms with Crippen LogP contribution in [0.1, 0.15) is 11.8 Å². The Kier molecular flexibility index (Phi) is 4.68. The van der Waals surface area contributed by atoms with Gasteiger partial charge in [0.2, 0.25) is 5.95 Å². The Morgan fingerprint density at radius 2 is 2.09 bits per heavy atom. The van der Waals surface area contributed by atoms with E-state index in [9.17, 15) is 19.6 Å². The third kappa shape index (κ3) is 3.52. The summed E-state index contributed by atoms with van der Waals surface area (Å²) in [5, 5.41) is 19.8. The number of aliphatic hydroxyl groups is 2. The van der Waals surface area contributed by atoms with E-state index >= 15 is 0 Å². The van der Waals surface area contributed by atoms with Crippen LogP contribution >= 0.6 is 7.82 Å². The van der Waals surface area contributed by atoms with Crippen LogP contribution in [-0.2, 0) is 13.8 Å². The molecule has 12 heteroatoms. The molecule has 1 aliphatic heterocycles. The summed E-state index contributed by atoms with van der Waals surface area (Å²) in [6.07, 6.45) is -3.97. The number of hydrogen-bond donors (Lipinski definition) is 5. The van der Waals surface area contributed by atoms with Gasteiger partial charge in [0, 0.05) is 11.8 Å². The molecule has 0 aromatic carbocycles. The van der Waals surface area contributed by atoms with Crippen LogP contribution in [0.5, 0.6) is 0 Å². The van der Waals surface area contributed by atoms with E-state index in [-0.39, 0.29) is 11.5 Å². The molecule has 2 rings (SSSR count). The van der Waals surface area contributed by atoms with Crippen molar-refractivity contribution in [3.63, 3.8) is 0 Å². The number of hydrogen-bond acceptors (Lipinski definition) is 8. The molecule has 0 aliphatic carbocycles. The van der Waals surface area contributed by atoms with Gasteiger partial charge in [-0.05, 0) is 6.92 Å². The van der Waals surface area contributed by atoms with E-state index < -0.39 is 44.5 Å². The predicted molar refractivity (Wildman–Crippen MR) is 71.6 cm³/mol. The molecule has 0 amide bonds. The SMILES string of the molecule is Cc1cn([C@@H]2O[C@H](COP(=O)(O)O)[C@@H](O)[C@H]2O)c(N)nc1=O. The molecule has 11 nitrogen and oxygen atoms in total. The minimum Gasteiger partial charge on any atom is -0.387 e. The molecule has 0 spiro atoms. The highest BCUT2D eigenvalue weighted by Crippen LogP contribution is 2.38. The Bertz CT molecular complexity index is 658. The fraction of sp³-hybridized carbons (Fsp3) is 0.600. The van der Waals surface area contributed by atoms with Gasteiger partial charge in [-0.1, -0.05) is 0 Å². The second-order valence-electron chi connectivity index (χ2n) is 4.83. The average molecular weight is 337 g/mol. The molecule has 0 radical (unpaired) electrons. The fourth-order valence-corrected chi connectivity index (χ4v) is 2.39. The first-order valence-corrected chi connectivity index (χ1v) is 7.70. The molecule has 1 aromatic rings. The van der Waals surface area contributed by atoms with Crippen molar-refractivity contribution in [2.45, 2.75) is 31.5 Å². The zero-order valence-corrected chi connectivity index (χ0v) is 12.3. The molecule has 0 unspecified atom stereocenters. The van der Waals surface area contributed by atoms with Crippen LogP contribution in [0.3, 0.4) is 0 Å². The summed E-state index contributed by atoms with van der Waals surface area (Å²) in [5.41, 5.74) is 5.30. The first-order chi connectivity index (χ1) is 10.1. The standard InChI is InChI=1S/C10H16N3O8P/c1-4-2-13(10(11)12-8(4)16)9-7(15)6(14)5(21-9)3-20-22(17,18)19/h2,5-7,9,14-15H,3H2,1H3,(H2,11,12,16)(H2,17,18,19)/t5-,6-,7-,9-/m1/s1. The third-order valence-corrected chi connectivity index (χ3v) is 3.65. The normalized spacial score (nSPS) is 29.0. The van der Waals surface area contributed by atoms with Crippen molar-refractivity contribution in [3.05, 3.63) is 22.1 Å². The predicted octanol–water partition coefficient (Wildman–Crippen LogP) is -2.14. The van der Waals surface area contributed by atoms with Crippen molar-refractivity contribution < 1.29 is 33.8 Å². The lowest BCUT2D eigenvalue weighted by atomic mass is 10.1. The van der Waals surface area contributed by atoms with Gasteiger partial charge in [0.25, 0.3) is 5.56 Å². The summed E-state index contributed by atoms with van der Waals surface area (Å²) in [6, 6.07) is 0. The van der Waals surface area contributed by atoms with Crippen LogP contribution in [0, 0.1) is 6.92 Å². The lowest BCUT2D eigenvalue weighted by Crippen LogP contribution is -2.34. The van der Waals surface area contributed by atoms with Gasteiger partial charge < -0.3 is 30.5 Å². The molecule has 4 atom stereocenters. The van der Waals surface area contributed by atoms with E-state index in [1.54, 1.807) is 0 Å². The highest BCUT2D eigenvalue weighted by atomic mass is 31.2. The maximum Gasteiger partial charge on any atom is 0.469 e. The van der Waals surface area contributed by atoms with Crippen molar-refractivity contribution in [3.8, 4) is 0 Å². The second-order valence-corrected chi connectivity index (χ2v) is 6.07. The number of ether oxygens (including phenoxy) is 1. The van der Waals surface area contributed by atoms with Gasteiger partial charge in [-0.15, -0.1) is 0 Å². The Labute approximate surface area is 124 Å². The minimum absolute atomic E-state index is 0.233. The summed E-state index contributed by atoms with van der Waals surface area (Å²) >= 11 is 0. The van der Waals surface area contributed by atoms with Crippen molar-refractivity contribution in [2.24, 2.45) is 0 Å². The summed E-state index contributed by atoms with van der Waals surface area (Å²) in [5.74, 6) is -0.233. The number of phosphoric acid groups is 1. The first-order valence-electron chi connectivity index (χ1n) is 6.17. The molecule has 2 heterocycles. The van der Waals surface area contributed by atoms with Crippen LogP contribution in [0.15, 0.2) is 11.0 Å². The van der Waals surface area contributed by atoms with Crippen molar-refractivity contribution in [1.82, 2.24) is 9.55 Å². The molecule has 1 aliphatic rings. The van der Waals surface area contributed by atoms with Crippen molar-refractivity contribution in [2.75, 3.05) is 12.3 Å². The molecular weight excluding hydrogens is 321 g/mol. The van der Waals surface area contributed by atoms with E-state index in [0.717, 1.165) is 4.57 Å². The number of rotatable bonds is 4.